The lowest BCUT2D eigenvalue weighted by Crippen LogP contribution is -2.34. The van der Waals surface area contributed by atoms with Crippen molar-refractivity contribution in [1.82, 2.24) is 4.90 Å². The number of ether oxygens (including phenoxy) is 1. The third kappa shape index (κ3) is 3.28. The summed E-state index contributed by atoms with van der Waals surface area (Å²) in [5.74, 6) is 2.58. The summed E-state index contributed by atoms with van der Waals surface area (Å²) in [6, 6.07) is 16.6. The Hall–Kier alpha value is -2.49. The maximum Gasteiger partial charge on any atom is 0.321 e. The van der Waals surface area contributed by atoms with Crippen molar-refractivity contribution in [2.75, 3.05) is 25.5 Å². The Kier molecular flexibility index (Phi) is 4.58. The predicted octanol–water partition coefficient (Wildman–Crippen LogP) is 4.66. The van der Waals surface area contributed by atoms with Crippen molar-refractivity contribution in [1.29, 1.82) is 0 Å². The number of methoxy groups -OCH3 is 1. The van der Waals surface area contributed by atoms with Crippen LogP contribution in [0, 0.1) is 18.8 Å². The molecule has 2 fully saturated rings. The molecule has 0 radical (unpaired) electrons. The summed E-state index contributed by atoms with van der Waals surface area (Å²) in [5.41, 5.74) is 3.30. The summed E-state index contributed by atoms with van der Waals surface area (Å²) in [7, 11) is 1.63. The minimum atomic E-state index is -0.0143. The zero-order valence-electron chi connectivity index (χ0n) is 15.4. The van der Waals surface area contributed by atoms with Crippen LogP contribution in [-0.4, -0.2) is 31.1 Å². The van der Waals surface area contributed by atoms with E-state index in [-0.39, 0.29) is 6.03 Å². The van der Waals surface area contributed by atoms with E-state index in [1.165, 1.54) is 18.4 Å². The summed E-state index contributed by atoms with van der Waals surface area (Å²) < 4.78 is 5.37. The van der Waals surface area contributed by atoms with Crippen LogP contribution in [-0.2, 0) is 0 Å². The van der Waals surface area contributed by atoms with E-state index >= 15 is 0 Å². The molecule has 1 N–H and O–H groups in total. The smallest absolute Gasteiger partial charge is 0.321 e. The molecule has 4 heteroatoms. The fraction of sp³-hybridized carbons (Fsp3) is 0.409. The minimum Gasteiger partial charge on any atom is -0.495 e. The second kappa shape index (κ2) is 7.02. The minimum absolute atomic E-state index is 0.0143. The molecule has 3 atom stereocenters. The van der Waals surface area contributed by atoms with Gasteiger partial charge in [0.2, 0.25) is 0 Å². The van der Waals surface area contributed by atoms with Gasteiger partial charge in [-0.05, 0) is 60.8 Å². The Bertz CT molecular complexity index is 776. The number of hydrogen-bond acceptors (Lipinski definition) is 2. The van der Waals surface area contributed by atoms with E-state index in [1.807, 2.05) is 30.0 Å². The van der Waals surface area contributed by atoms with Gasteiger partial charge < -0.3 is 15.0 Å². The van der Waals surface area contributed by atoms with E-state index in [0.29, 0.717) is 23.5 Å². The van der Waals surface area contributed by atoms with E-state index in [9.17, 15) is 4.79 Å². The van der Waals surface area contributed by atoms with Crippen LogP contribution in [0.5, 0.6) is 5.75 Å². The first-order valence-electron chi connectivity index (χ1n) is 9.39. The SMILES string of the molecule is COc1ccc(C)cc1NC(=O)N1C[C@H]2C[C@@H](c3ccccc3)C[C@H]2C1. The average Bonchev–Trinajstić information content (AvgIpc) is 3.22. The fourth-order valence-corrected chi connectivity index (χ4v) is 4.58. The van der Waals surface area contributed by atoms with Crippen molar-refractivity contribution < 1.29 is 9.53 Å². The predicted molar refractivity (Wildman–Crippen MR) is 104 cm³/mol. The Labute approximate surface area is 155 Å². The molecule has 0 aromatic heterocycles. The van der Waals surface area contributed by atoms with E-state index < -0.39 is 0 Å². The first kappa shape index (κ1) is 17.0. The molecule has 0 bridgehead atoms. The maximum atomic E-state index is 12.7. The number of carbonyl (C=O) groups excluding carboxylic acids is 1. The average molecular weight is 350 g/mol. The number of nitrogens with zero attached hydrogens (tertiary/aromatic N) is 1. The van der Waals surface area contributed by atoms with Gasteiger partial charge in [0, 0.05) is 13.1 Å². The molecule has 0 spiro atoms. The molecular weight excluding hydrogens is 324 g/mol. The number of likely N-dealkylation sites (tertiary alicyclic amines) is 1. The van der Waals surface area contributed by atoms with Gasteiger partial charge in [-0.25, -0.2) is 4.79 Å². The number of carbonyl (C=O) groups is 1. The number of urea groups is 1. The van der Waals surface area contributed by atoms with Crippen molar-refractivity contribution in [2.24, 2.45) is 11.8 Å². The normalized spacial score (nSPS) is 24.4. The van der Waals surface area contributed by atoms with Crippen LogP contribution < -0.4 is 10.1 Å². The largest absolute Gasteiger partial charge is 0.495 e. The monoisotopic (exact) mass is 350 g/mol. The van der Waals surface area contributed by atoms with Gasteiger partial charge in [-0.15, -0.1) is 0 Å². The lowest BCUT2D eigenvalue weighted by Gasteiger charge is -2.21. The van der Waals surface area contributed by atoms with Crippen molar-refractivity contribution in [3.05, 3.63) is 59.7 Å². The molecule has 4 rings (SSSR count). The van der Waals surface area contributed by atoms with Crippen LogP contribution >= 0.6 is 0 Å². The molecule has 1 heterocycles. The number of fused-ring (bicyclic) bond motifs is 1. The quantitative estimate of drug-likeness (QED) is 0.874. The molecule has 2 aliphatic rings. The summed E-state index contributed by atoms with van der Waals surface area (Å²) in [6.45, 7) is 3.72. The van der Waals surface area contributed by atoms with Crippen molar-refractivity contribution in [3.8, 4) is 5.75 Å². The van der Waals surface area contributed by atoms with E-state index in [1.54, 1.807) is 7.11 Å². The Morgan fingerprint density at radius 3 is 2.42 bits per heavy atom. The molecule has 1 aliphatic carbocycles. The topological polar surface area (TPSA) is 41.6 Å². The number of anilines is 1. The zero-order valence-corrected chi connectivity index (χ0v) is 15.4. The number of benzene rings is 2. The molecule has 1 saturated heterocycles. The summed E-state index contributed by atoms with van der Waals surface area (Å²) in [6.07, 6.45) is 2.37. The highest BCUT2D eigenvalue weighted by Gasteiger charge is 2.42. The number of rotatable bonds is 3. The number of nitrogens with one attached hydrogen (secondary N) is 1. The highest BCUT2D eigenvalue weighted by atomic mass is 16.5. The van der Waals surface area contributed by atoms with E-state index in [4.69, 9.17) is 4.74 Å². The van der Waals surface area contributed by atoms with Crippen molar-refractivity contribution >= 4 is 11.7 Å². The highest BCUT2D eigenvalue weighted by molar-refractivity contribution is 5.91. The second-order valence-electron chi connectivity index (χ2n) is 7.64. The standard InChI is InChI=1S/C22H26N2O2/c1-15-8-9-21(26-2)20(10-15)23-22(25)24-13-18-11-17(12-19(18)14-24)16-6-4-3-5-7-16/h3-10,17-19H,11-14H2,1-2H3,(H,23,25)/t17-,18-,19+. The van der Waals surface area contributed by atoms with Gasteiger partial charge in [-0.1, -0.05) is 36.4 Å². The number of hydrogen-bond donors (Lipinski definition) is 1. The van der Waals surface area contributed by atoms with Gasteiger partial charge in [-0.2, -0.15) is 0 Å². The molecule has 0 unspecified atom stereocenters. The van der Waals surface area contributed by atoms with Gasteiger partial charge in [0.1, 0.15) is 5.75 Å². The Morgan fingerprint density at radius 1 is 1.08 bits per heavy atom. The molecule has 2 aromatic rings. The van der Waals surface area contributed by atoms with Gasteiger partial charge in [0.05, 0.1) is 12.8 Å². The molecule has 4 nitrogen and oxygen atoms in total. The molecule has 136 valence electrons. The second-order valence-corrected chi connectivity index (χ2v) is 7.64. The first-order chi connectivity index (χ1) is 12.6. The molecule has 2 aromatic carbocycles. The molecule has 1 saturated carbocycles. The molecule has 26 heavy (non-hydrogen) atoms. The van der Waals surface area contributed by atoms with E-state index in [2.05, 4.69) is 35.6 Å². The third-order valence-electron chi connectivity index (χ3n) is 5.91. The molecule has 1 aliphatic heterocycles. The van der Waals surface area contributed by atoms with Gasteiger partial charge in [-0.3, -0.25) is 0 Å². The lowest BCUT2D eigenvalue weighted by atomic mass is 9.96. The maximum absolute atomic E-state index is 12.7. The van der Waals surface area contributed by atoms with Crippen LogP contribution in [0.2, 0.25) is 0 Å². The molecule has 2 amide bonds. The van der Waals surface area contributed by atoms with Crippen LogP contribution in [0.15, 0.2) is 48.5 Å². The lowest BCUT2D eigenvalue weighted by molar-refractivity contribution is 0.218. The zero-order chi connectivity index (χ0) is 18.1. The summed E-state index contributed by atoms with van der Waals surface area (Å²) in [4.78, 5) is 14.7. The fourth-order valence-electron chi connectivity index (χ4n) is 4.58. The van der Waals surface area contributed by atoms with Gasteiger partial charge in [0.15, 0.2) is 0 Å². The van der Waals surface area contributed by atoms with Crippen LogP contribution in [0.25, 0.3) is 0 Å². The number of aryl methyl sites for hydroxylation is 1. The third-order valence-corrected chi connectivity index (χ3v) is 5.91. The van der Waals surface area contributed by atoms with Crippen molar-refractivity contribution in [2.45, 2.75) is 25.7 Å². The van der Waals surface area contributed by atoms with E-state index in [0.717, 1.165) is 24.3 Å². The summed E-state index contributed by atoms with van der Waals surface area (Å²) in [5, 5.41) is 3.04. The Morgan fingerprint density at radius 2 is 1.77 bits per heavy atom. The summed E-state index contributed by atoms with van der Waals surface area (Å²) >= 11 is 0. The number of amides is 2. The van der Waals surface area contributed by atoms with Gasteiger partial charge >= 0.3 is 6.03 Å². The first-order valence-corrected chi connectivity index (χ1v) is 9.39. The molecular formula is C22H26N2O2. The van der Waals surface area contributed by atoms with Crippen LogP contribution in [0.4, 0.5) is 10.5 Å². The highest BCUT2D eigenvalue weighted by Crippen LogP contribution is 2.46. The van der Waals surface area contributed by atoms with Gasteiger partial charge in [0.25, 0.3) is 0 Å². The Balaban J connectivity index is 1.39. The van der Waals surface area contributed by atoms with Crippen molar-refractivity contribution in [3.63, 3.8) is 0 Å². The van der Waals surface area contributed by atoms with Crippen LogP contribution in [0.3, 0.4) is 0 Å². The van der Waals surface area contributed by atoms with Crippen LogP contribution in [0.1, 0.15) is 29.9 Å².